The largest absolute Gasteiger partial charge is 0.497 e. The van der Waals surface area contributed by atoms with Crippen LogP contribution in [0.3, 0.4) is 0 Å². The van der Waals surface area contributed by atoms with Gasteiger partial charge in [0.05, 0.1) is 19.0 Å². The van der Waals surface area contributed by atoms with Gasteiger partial charge in [0.15, 0.2) is 0 Å². The molecule has 0 amide bonds. The SMILES string of the molecule is CCN(CC)c1ccc(CNc2ncc(-c3cccc(OC)c3)n2C)cc1. The molecule has 2 aromatic carbocycles. The van der Waals surface area contributed by atoms with E-state index in [-0.39, 0.29) is 0 Å². The third-order valence-corrected chi connectivity index (χ3v) is 4.87. The van der Waals surface area contributed by atoms with E-state index < -0.39 is 0 Å². The summed E-state index contributed by atoms with van der Waals surface area (Å²) in [7, 11) is 3.70. The Kier molecular flexibility index (Phi) is 6.01. The summed E-state index contributed by atoms with van der Waals surface area (Å²) < 4.78 is 7.39. The zero-order valence-electron chi connectivity index (χ0n) is 16.6. The molecule has 1 heterocycles. The van der Waals surface area contributed by atoms with Crippen molar-refractivity contribution in [2.24, 2.45) is 7.05 Å². The highest BCUT2D eigenvalue weighted by Gasteiger charge is 2.09. The molecule has 0 bridgehead atoms. The molecule has 0 radical (unpaired) electrons. The van der Waals surface area contributed by atoms with Gasteiger partial charge in [-0.25, -0.2) is 4.98 Å². The molecule has 1 N–H and O–H groups in total. The Morgan fingerprint density at radius 3 is 2.48 bits per heavy atom. The number of hydrogen-bond donors (Lipinski definition) is 1. The number of benzene rings is 2. The summed E-state index contributed by atoms with van der Waals surface area (Å²) in [6, 6.07) is 16.7. The van der Waals surface area contributed by atoms with Crippen molar-refractivity contribution in [2.75, 3.05) is 30.4 Å². The number of anilines is 2. The Bertz CT molecular complexity index is 866. The Hall–Kier alpha value is -2.95. The summed E-state index contributed by atoms with van der Waals surface area (Å²) in [6.07, 6.45) is 1.89. The molecule has 3 rings (SSSR count). The number of ether oxygens (including phenoxy) is 1. The lowest BCUT2D eigenvalue weighted by molar-refractivity contribution is 0.415. The molecule has 5 heteroatoms. The van der Waals surface area contributed by atoms with E-state index in [1.54, 1.807) is 7.11 Å². The molecular formula is C22H28N4O. The minimum absolute atomic E-state index is 0.737. The van der Waals surface area contributed by atoms with E-state index in [2.05, 4.69) is 63.9 Å². The number of rotatable bonds is 8. The maximum atomic E-state index is 5.32. The summed E-state index contributed by atoms with van der Waals surface area (Å²) in [6.45, 7) is 7.14. The first kappa shape index (κ1) is 18.8. The highest BCUT2D eigenvalue weighted by molar-refractivity contribution is 5.63. The van der Waals surface area contributed by atoms with E-state index in [0.717, 1.165) is 42.6 Å². The van der Waals surface area contributed by atoms with E-state index >= 15 is 0 Å². The quantitative estimate of drug-likeness (QED) is 0.636. The molecule has 3 aromatic rings. The lowest BCUT2D eigenvalue weighted by atomic mass is 10.1. The molecule has 0 aliphatic heterocycles. The predicted octanol–water partition coefficient (Wildman–Crippen LogP) is 4.55. The number of methoxy groups -OCH3 is 1. The van der Waals surface area contributed by atoms with Crippen LogP contribution in [0.4, 0.5) is 11.6 Å². The zero-order chi connectivity index (χ0) is 19.2. The van der Waals surface area contributed by atoms with Crippen LogP contribution in [-0.2, 0) is 13.6 Å². The van der Waals surface area contributed by atoms with E-state index in [9.17, 15) is 0 Å². The topological polar surface area (TPSA) is 42.3 Å². The summed E-state index contributed by atoms with van der Waals surface area (Å²) in [5.74, 6) is 1.69. The molecule has 0 spiro atoms. The second-order valence-corrected chi connectivity index (χ2v) is 6.45. The molecule has 0 saturated carbocycles. The van der Waals surface area contributed by atoms with E-state index in [1.165, 1.54) is 11.3 Å². The number of aromatic nitrogens is 2. The van der Waals surface area contributed by atoms with Crippen LogP contribution in [0.15, 0.2) is 54.7 Å². The fraction of sp³-hybridized carbons (Fsp3) is 0.318. The van der Waals surface area contributed by atoms with Crippen molar-refractivity contribution in [2.45, 2.75) is 20.4 Å². The van der Waals surface area contributed by atoms with Crippen LogP contribution in [0, 0.1) is 0 Å². The zero-order valence-corrected chi connectivity index (χ0v) is 16.6. The van der Waals surface area contributed by atoms with Crippen molar-refractivity contribution in [1.29, 1.82) is 0 Å². The van der Waals surface area contributed by atoms with Gasteiger partial charge in [-0.2, -0.15) is 0 Å². The van der Waals surface area contributed by atoms with Crippen molar-refractivity contribution in [3.8, 4) is 17.0 Å². The fourth-order valence-electron chi connectivity index (χ4n) is 3.22. The monoisotopic (exact) mass is 364 g/mol. The van der Waals surface area contributed by atoms with Gasteiger partial charge in [-0.15, -0.1) is 0 Å². The summed E-state index contributed by atoms with van der Waals surface area (Å²) in [5.41, 5.74) is 4.63. The average molecular weight is 364 g/mol. The fourth-order valence-corrected chi connectivity index (χ4v) is 3.22. The molecule has 0 aliphatic rings. The molecule has 0 atom stereocenters. The van der Waals surface area contributed by atoms with E-state index in [0.29, 0.717) is 0 Å². The Balaban J connectivity index is 1.69. The molecule has 0 fully saturated rings. The predicted molar refractivity (Wildman–Crippen MR) is 113 cm³/mol. The van der Waals surface area contributed by atoms with Gasteiger partial charge in [0, 0.05) is 37.9 Å². The molecule has 1 aromatic heterocycles. The number of imidazole rings is 1. The molecule has 0 aliphatic carbocycles. The van der Waals surface area contributed by atoms with Gasteiger partial charge in [0.25, 0.3) is 0 Å². The Morgan fingerprint density at radius 1 is 1.07 bits per heavy atom. The van der Waals surface area contributed by atoms with Crippen molar-refractivity contribution in [1.82, 2.24) is 9.55 Å². The van der Waals surface area contributed by atoms with Crippen LogP contribution < -0.4 is 15.0 Å². The second-order valence-electron chi connectivity index (χ2n) is 6.45. The third kappa shape index (κ3) is 4.25. The van der Waals surface area contributed by atoms with E-state index in [4.69, 9.17) is 4.74 Å². The Labute approximate surface area is 161 Å². The number of nitrogens with zero attached hydrogens (tertiary/aromatic N) is 3. The van der Waals surface area contributed by atoms with Gasteiger partial charge in [-0.3, -0.25) is 0 Å². The molecular weight excluding hydrogens is 336 g/mol. The Morgan fingerprint density at radius 2 is 1.81 bits per heavy atom. The first-order valence-electron chi connectivity index (χ1n) is 9.40. The summed E-state index contributed by atoms with van der Waals surface area (Å²) in [5, 5.41) is 3.43. The molecule has 0 saturated heterocycles. The first-order valence-corrected chi connectivity index (χ1v) is 9.40. The molecule has 27 heavy (non-hydrogen) atoms. The maximum Gasteiger partial charge on any atom is 0.203 e. The highest BCUT2D eigenvalue weighted by atomic mass is 16.5. The van der Waals surface area contributed by atoms with Gasteiger partial charge < -0.3 is 19.5 Å². The van der Waals surface area contributed by atoms with Crippen LogP contribution >= 0.6 is 0 Å². The van der Waals surface area contributed by atoms with Crippen LogP contribution in [0.1, 0.15) is 19.4 Å². The first-order chi connectivity index (χ1) is 13.2. The van der Waals surface area contributed by atoms with Gasteiger partial charge >= 0.3 is 0 Å². The molecule has 5 nitrogen and oxygen atoms in total. The second kappa shape index (κ2) is 8.62. The smallest absolute Gasteiger partial charge is 0.203 e. The number of nitrogens with one attached hydrogen (secondary N) is 1. The van der Waals surface area contributed by atoms with Crippen molar-refractivity contribution in [3.63, 3.8) is 0 Å². The minimum atomic E-state index is 0.737. The summed E-state index contributed by atoms with van der Waals surface area (Å²) in [4.78, 5) is 6.88. The van der Waals surface area contributed by atoms with Crippen molar-refractivity contribution in [3.05, 3.63) is 60.3 Å². The van der Waals surface area contributed by atoms with Gasteiger partial charge in [0.2, 0.25) is 5.95 Å². The van der Waals surface area contributed by atoms with Gasteiger partial charge in [-0.1, -0.05) is 24.3 Å². The van der Waals surface area contributed by atoms with Crippen LogP contribution in [0.25, 0.3) is 11.3 Å². The van der Waals surface area contributed by atoms with Gasteiger partial charge in [-0.05, 0) is 43.7 Å². The van der Waals surface area contributed by atoms with Crippen LogP contribution in [-0.4, -0.2) is 29.8 Å². The standard InChI is InChI=1S/C22H28N4O/c1-5-26(6-2)19-12-10-17(11-13-19)15-23-22-24-16-21(25(22)3)18-8-7-9-20(14-18)27-4/h7-14,16H,5-6,15H2,1-4H3,(H,23,24). The summed E-state index contributed by atoms with van der Waals surface area (Å²) >= 11 is 0. The van der Waals surface area contributed by atoms with Crippen LogP contribution in [0.5, 0.6) is 5.75 Å². The third-order valence-electron chi connectivity index (χ3n) is 4.87. The molecule has 142 valence electrons. The normalized spacial score (nSPS) is 10.7. The lowest BCUT2D eigenvalue weighted by Crippen LogP contribution is -2.21. The van der Waals surface area contributed by atoms with Crippen molar-refractivity contribution >= 4 is 11.6 Å². The lowest BCUT2D eigenvalue weighted by Gasteiger charge is -2.21. The number of hydrogen-bond acceptors (Lipinski definition) is 4. The molecule has 0 unspecified atom stereocenters. The minimum Gasteiger partial charge on any atom is -0.497 e. The average Bonchev–Trinajstić information content (AvgIpc) is 3.08. The highest BCUT2D eigenvalue weighted by Crippen LogP contribution is 2.25. The van der Waals surface area contributed by atoms with Crippen LogP contribution in [0.2, 0.25) is 0 Å². The van der Waals surface area contributed by atoms with E-state index in [1.807, 2.05) is 31.4 Å². The maximum absolute atomic E-state index is 5.32. The van der Waals surface area contributed by atoms with Crippen molar-refractivity contribution < 1.29 is 4.74 Å². The van der Waals surface area contributed by atoms with Gasteiger partial charge in [0.1, 0.15) is 5.75 Å².